The summed E-state index contributed by atoms with van der Waals surface area (Å²) in [6.45, 7) is 2.20. The minimum atomic E-state index is -0.551. The Hall–Kier alpha value is -2.30. The average molecular weight is 343 g/mol. The molecule has 1 saturated carbocycles. The number of carbonyl (C=O) groups is 1. The van der Waals surface area contributed by atoms with Gasteiger partial charge in [-0.1, -0.05) is 31.9 Å². The van der Waals surface area contributed by atoms with E-state index in [1.165, 1.54) is 20.0 Å². The molecule has 0 spiro atoms. The van der Waals surface area contributed by atoms with Gasteiger partial charge in [0, 0.05) is 11.3 Å². The summed E-state index contributed by atoms with van der Waals surface area (Å²) < 4.78 is 10.6. The molecule has 2 aromatic rings. The van der Waals surface area contributed by atoms with Gasteiger partial charge in [0.05, 0.1) is 7.11 Å². The molecule has 1 heterocycles. The number of ether oxygens (including phenoxy) is 1. The van der Waals surface area contributed by atoms with E-state index in [4.69, 9.17) is 9.15 Å². The molecule has 1 aliphatic rings. The van der Waals surface area contributed by atoms with Crippen LogP contribution in [0.25, 0.3) is 11.0 Å². The fourth-order valence-corrected chi connectivity index (χ4v) is 3.72. The zero-order valence-electron chi connectivity index (χ0n) is 14.8. The molecule has 1 fully saturated rings. The van der Waals surface area contributed by atoms with Crippen LogP contribution in [0.5, 0.6) is 5.75 Å². The highest BCUT2D eigenvalue weighted by molar-refractivity contribution is 5.94. The van der Waals surface area contributed by atoms with E-state index in [0.29, 0.717) is 11.3 Å². The maximum atomic E-state index is 12.5. The maximum Gasteiger partial charge on any atom is 0.360 e. The van der Waals surface area contributed by atoms with Crippen LogP contribution in [-0.4, -0.2) is 13.0 Å². The third-order valence-electron chi connectivity index (χ3n) is 5.12. The molecule has 1 amide bonds. The first-order chi connectivity index (χ1) is 12.1. The van der Waals surface area contributed by atoms with Crippen molar-refractivity contribution in [1.82, 2.24) is 0 Å². The topological polar surface area (TPSA) is 68.5 Å². The number of methoxy groups -OCH3 is 1. The van der Waals surface area contributed by atoms with Crippen LogP contribution in [0.1, 0.15) is 45.4 Å². The molecule has 5 heteroatoms. The highest BCUT2D eigenvalue weighted by Gasteiger charge is 2.26. The van der Waals surface area contributed by atoms with Crippen molar-refractivity contribution < 1.29 is 13.9 Å². The smallest absolute Gasteiger partial charge is 0.360 e. The molecule has 5 nitrogen and oxygen atoms in total. The van der Waals surface area contributed by atoms with E-state index in [9.17, 15) is 9.59 Å². The average Bonchev–Trinajstić information content (AvgIpc) is 2.62. The Morgan fingerprint density at radius 2 is 2.04 bits per heavy atom. The summed E-state index contributed by atoms with van der Waals surface area (Å²) >= 11 is 0. The van der Waals surface area contributed by atoms with Gasteiger partial charge in [-0.15, -0.1) is 0 Å². The van der Waals surface area contributed by atoms with E-state index in [2.05, 4.69) is 12.2 Å². The van der Waals surface area contributed by atoms with Crippen LogP contribution in [0.3, 0.4) is 0 Å². The monoisotopic (exact) mass is 343 g/mol. The Bertz CT molecular complexity index is 803. The summed E-state index contributed by atoms with van der Waals surface area (Å²) in [6, 6.07) is 7.04. The van der Waals surface area contributed by atoms with E-state index in [-0.39, 0.29) is 17.5 Å². The summed E-state index contributed by atoms with van der Waals surface area (Å²) in [6.07, 6.45) is 6.41. The molecule has 25 heavy (non-hydrogen) atoms. The summed E-state index contributed by atoms with van der Waals surface area (Å²) in [5, 5.41) is 3.49. The van der Waals surface area contributed by atoms with Crippen LogP contribution >= 0.6 is 0 Å². The molecule has 0 unspecified atom stereocenters. The number of hydrogen-bond acceptors (Lipinski definition) is 4. The largest absolute Gasteiger partial charge is 0.493 e. The lowest BCUT2D eigenvalue weighted by Crippen LogP contribution is -2.29. The molecule has 0 bridgehead atoms. The first-order valence-electron chi connectivity index (χ1n) is 9.04. The Balaban J connectivity index is 1.74. The van der Waals surface area contributed by atoms with Crippen molar-refractivity contribution in [3.8, 4) is 5.75 Å². The molecule has 3 rings (SSSR count). The van der Waals surface area contributed by atoms with Gasteiger partial charge in [-0.2, -0.15) is 0 Å². The number of fused-ring (bicyclic) bond motifs is 1. The van der Waals surface area contributed by atoms with Crippen molar-refractivity contribution in [2.45, 2.75) is 45.4 Å². The summed E-state index contributed by atoms with van der Waals surface area (Å²) in [5.74, 6) is 1.15. The van der Waals surface area contributed by atoms with Crippen LogP contribution < -0.4 is 15.7 Å². The predicted molar refractivity (Wildman–Crippen MR) is 98.0 cm³/mol. The van der Waals surface area contributed by atoms with Gasteiger partial charge in [-0.25, -0.2) is 4.79 Å². The first kappa shape index (κ1) is 17.5. The minimum absolute atomic E-state index is 0.0199. The van der Waals surface area contributed by atoms with E-state index in [0.717, 1.165) is 37.0 Å². The standard InChI is InChI=1S/C20H25NO4/c1-3-5-13-8-10-14(11-9-13)19(22)21-16-12-15-6-4-7-17(24-2)18(15)25-20(16)23/h4,6-7,12-14H,3,5,8-11H2,1-2H3,(H,21,22). The Morgan fingerprint density at radius 3 is 2.72 bits per heavy atom. The van der Waals surface area contributed by atoms with Crippen molar-refractivity contribution >= 4 is 22.6 Å². The van der Waals surface area contributed by atoms with Gasteiger partial charge in [0.1, 0.15) is 5.69 Å². The molecule has 0 atom stereocenters. The third-order valence-corrected chi connectivity index (χ3v) is 5.12. The zero-order valence-corrected chi connectivity index (χ0v) is 14.8. The second kappa shape index (κ2) is 7.72. The quantitative estimate of drug-likeness (QED) is 0.820. The van der Waals surface area contributed by atoms with Crippen LogP contribution in [0.15, 0.2) is 33.5 Å². The fraction of sp³-hybridized carbons (Fsp3) is 0.500. The van der Waals surface area contributed by atoms with Gasteiger partial charge in [0.2, 0.25) is 5.91 Å². The van der Waals surface area contributed by atoms with Gasteiger partial charge in [0.25, 0.3) is 0 Å². The number of amides is 1. The Kier molecular flexibility index (Phi) is 5.41. The zero-order chi connectivity index (χ0) is 17.8. The van der Waals surface area contributed by atoms with Crippen molar-refractivity contribution in [2.75, 3.05) is 12.4 Å². The van der Waals surface area contributed by atoms with E-state index in [1.54, 1.807) is 12.1 Å². The van der Waals surface area contributed by atoms with Crippen LogP contribution in [0.4, 0.5) is 5.69 Å². The van der Waals surface area contributed by atoms with Crippen molar-refractivity contribution in [2.24, 2.45) is 11.8 Å². The summed E-state index contributed by atoms with van der Waals surface area (Å²) in [7, 11) is 1.53. The van der Waals surface area contributed by atoms with Crippen molar-refractivity contribution in [3.63, 3.8) is 0 Å². The number of nitrogens with one attached hydrogen (secondary N) is 1. The lowest BCUT2D eigenvalue weighted by atomic mass is 9.80. The van der Waals surface area contributed by atoms with Gasteiger partial charge < -0.3 is 14.5 Å². The number of anilines is 1. The lowest BCUT2D eigenvalue weighted by molar-refractivity contribution is -0.121. The molecule has 1 N–H and O–H groups in total. The lowest BCUT2D eigenvalue weighted by Gasteiger charge is -2.27. The van der Waals surface area contributed by atoms with E-state index in [1.807, 2.05) is 12.1 Å². The number of benzene rings is 1. The molecule has 134 valence electrons. The fourth-order valence-electron chi connectivity index (χ4n) is 3.72. The molecule has 1 aromatic carbocycles. The second-order valence-corrected chi connectivity index (χ2v) is 6.82. The Morgan fingerprint density at radius 1 is 1.28 bits per heavy atom. The highest BCUT2D eigenvalue weighted by Crippen LogP contribution is 2.32. The maximum absolute atomic E-state index is 12.5. The van der Waals surface area contributed by atoms with E-state index < -0.39 is 5.63 Å². The van der Waals surface area contributed by atoms with Gasteiger partial charge in [-0.3, -0.25) is 4.79 Å². The predicted octanol–water partition coefficient (Wildman–Crippen LogP) is 4.35. The molecule has 1 aromatic heterocycles. The minimum Gasteiger partial charge on any atom is -0.493 e. The van der Waals surface area contributed by atoms with Gasteiger partial charge >= 0.3 is 5.63 Å². The molecular weight excluding hydrogens is 318 g/mol. The SMILES string of the molecule is CCCC1CCC(C(=O)Nc2cc3cccc(OC)c3oc2=O)CC1. The summed E-state index contributed by atoms with van der Waals surface area (Å²) in [4.78, 5) is 24.7. The van der Waals surface area contributed by atoms with Gasteiger partial charge in [-0.05, 0) is 43.7 Å². The summed E-state index contributed by atoms with van der Waals surface area (Å²) in [5.41, 5.74) is 0.0412. The molecular formula is C20H25NO4. The second-order valence-electron chi connectivity index (χ2n) is 6.82. The highest BCUT2D eigenvalue weighted by atomic mass is 16.5. The first-order valence-corrected chi connectivity index (χ1v) is 9.04. The number of hydrogen-bond donors (Lipinski definition) is 1. The molecule has 0 saturated heterocycles. The molecule has 0 radical (unpaired) electrons. The number of carbonyl (C=O) groups excluding carboxylic acids is 1. The van der Waals surface area contributed by atoms with Crippen molar-refractivity contribution in [3.05, 3.63) is 34.7 Å². The van der Waals surface area contributed by atoms with Crippen molar-refractivity contribution in [1.29, 1.82) is 0 Å². The number of para-hydroxylation sites is 1. The molecule has 1 aliphatic carbocycles. The normalized spacial score (nSPS) is 20.4. The van der Waals surface area contributed by atoms with Crippen LogP contribution in [0, 0.1) is 11.8 Å². The number of rotatable bonds is 5. The Labute approximate surface area is 147 Å². The van der Waals surface area contributed by atoms with Crippen LogP contribution in [0.2, 0.25) is 0 Å². The van der Waals surface area contributed by atoms with E-state index >= 15 is 0 Å². The van der Waals surface area contributed by atoms with Crippen LogP contribution in [-0.2, 0) is 4.79 Å². The molecule has 0 aliphatic heterocycles. The third kappa shape index (κ3) is 3.86. The van der Waals surface area contributed by atoms with Gasteiger partial charge in [0.15, 0.2) is 11.3 Å².